The summed E-state index contributed by atoms with van der Waals surface area (Å²) < 4.78 is 2.05. The van der Waals surface area contributed by atoms with Crippen LogP contribution in [-0.4, -0.2) is 31.4 Å². The Morgan fingerprint density at radius 3 is 2.79 bits per heavy atom. The quantitative estimate of drug-likeness (QED) is 0.452. The standard InChI is InChI=1S/C22H23N5OS/c1-4-27-21(17-12-23-19-8-6-5-7-16(17)19)25-26-22(27)29-13-20(28)24-18-10-9-14(2)11-15(18)3/h5-12,23H,4,13H2,1-3H3,(H,24,28). The fraction of sp³-hybridized carbons (Fsp3) is 0.227. The smallest absolute Gasteiger partial charge is 0.234 e. The van der Waals surface area contributed by atoms with Gasteiger partial charge in [-0.05, 0) is 38.5 Å². The maximum atomic E-state index is 12.4. The third-order valence-corrected chi connectivity index (χ3v) is 5.82. The average Bonchev–Trinajstić information content (AvgIpc) is 3.31. The van der Waals surface area contributed by atoms with Gasteiger partial charge in [0, 0.05) is 34.9 Å². The normalized spacial score (nSPS) is 11.1. The molecule has 2 heterocycles. The van der Waals surface area contributed by atoms with Crippen LogP contribution in [0, 0.1) is 13.8 Å². The molecule has 0 aliphatic carbocycles. The van der Waals surface area contributed by atoms with Crippen LogP contribution in [0.25, 0.3) is 22.3 Å². The van der Waals surface area contributed by atoms with Crippen molar-refractivity contribution in [3.63, 3.8) is 0 Å². The lowest BCUT2D eigenvalue weighted by Gasteiger charge is -2.09. The van der Waals surface area contributed by atoms with Crippen molar-refractivity contribution in [3.8, 4) is 11.4 Å². The van der Waals surface area contributed by atoms with Crippen LogP contribution in [0.2, 0.25) is 0 Å². The van der Waals surface area contributed by atoms with E-state index in [1.807, 2.05) is 54.9 Å². The number of amides is 1. The summed E-state index contributed by atoms with van der Waals surface area (Å²) in [6.45, 7) is 6.82. The maximum Gasteiger partial charge on any atom is 0.234 e. The number of nitrogens with one attached hydrogen (secondary N) is 2. The highest BCUT2D eigenvalue weighted by Gasteiger charge is 2.17. The van der Waals surface area contributed by atoms with Crippen molar-refractivity contribution in [1.29, 1.82) is 0 Å². The van der Waals surface area contributed by atoms with Crippen LogP contribution in [0.5, 0.6) is 0 Å². The molecule has 148 valence electrons. The van der Waals surface area contributed by atoms with E-state index in [1.165, 1.54) is 17.3 Å². The number of H-pyrrole nitrogens is 1. The number of anilines is 1. The molecular weight excluding hydrogens is 382 g/mol. The van der Waals surface area contributed by atoms with Gasteiger partial charge in [-0.1, -0.05) is 47.7 Å². The second-order valence-corrected chi connectivity index (χ2v) is 7.90. The van der Waals surface area contributed by atoms with Crippen LogP contribution in [0.4, 0.5) is 5.69 Å². The van der Waals surface area contributed by atoms with Crippen molar-refractivity contribution >= 4 is 34.3 Å². The van der Waals surface area contributed by atoms with Crippen molar-refractivity contribution in [2.75, 3.05) is 11.1 Å². The summed E-state index contributed by atoms with van der Waals surface area (Å²) in [6, 6.07) is 14.1. The van der Waals surface area contributed by atoms with E-state index in [9.17, 15) is 4.79 Å². The third-order valence-electron chi connectivity index (χ3n) is 4.85. The Morgan fingerprint density at radius 2 is 2.00 bits per heavy atom. The Morgan fingerprint density at radius 1 is 1.17 bits per heavy atom. The molecule has 1 amide bonds. The molecule has 0 bridgehead atoms. The molecule has 0 unspecified atom stereocenters. The lowest BCUT2D eigenvalue weighted by atomic mass is 10.1. The van der Waals surface area contributed by atoms with Crippen molar-refractivity contribution in [2.45, 2.75) is 32.5 Å². The molecular formula is C22H23N5OS. The van der Waals surface area contributed by atoms with Gasteiger partial charge in [-0.3, -0.25) is 4.79 Å². The van der Waals surface area contributed by atoms with Crippen LogP contribution >= 0.6 is 11.8 Å². The van der Waals surface area contributed by atoms with Gasteiger partial charge in [0.1, 0.15) is 0 Å². The lowest BCUT2D eigenvalue weighted by Crippen LogP contribution is -2.15. The van der Waals surface area contributed by atoms with E-state index in [4.69, 9.17) is 0 Å². The Hall–Kier alpha value is -3.06. The molecule has 0 fully saturated rings. The number of aromatic nitrogens is 4. The highest BCUT2D eigenvalue weighted by molar-refractivity contribution is 7.99. The van der Waals surface area contributed by atoms with Crippen LogP contribution in [-0.2, 0) is 11.3 Å². The monoisotopic (exact) mass is 405 g/mol. The number of para-hydroxylation sites is 1. The van der Waals surface area contributed by atoms with E-state index in [2.05, 4.69) is 39.6 Å². The molecule has 0 aliphatic rings. The second-order valence-electron chi connectivity index (χ2n) is 6.95. The fourth-order valence-electron chi connectivity index (χ4n) is 3.41. The zero-order valence-electron chi connectivity index (χ0n) is 16.7. The zero-order valence-corrected chi connectivity index (χ0v) is 17.5. The van der Waals surface area contributed by atoms with E-state index in [0.717, 1.165) is 45.2 Å². The Balaban J connectivity index is 1.50. The van der Waals surface area contributed by atoms with Crippen LogP contribution < -0.4 is 5.32 Å². The topological polar surface area (TPSA) is 75.6 Å². The number of aromatic amines is 1. The number of aryl methyl sites for hydroxylation is 2. The first-order chi connectivity index (χ1) is 14.1. The number of carbonyl (C=O) groups is 1. The zero-order chi connectivity index (χ0) is 20.4. The van der Waals surface area contributed by atoms with E-state index in [0.29, 0.717) is 0 Å². The van der Waals surface area contributed by atoms with Gasteiger partial charge in [0.2, 0.25) is 5.91 Å². The second kappa shape index (κ2) is 8.13. The van der Waals surface area contributed by atoms with Gasteiger partial charge in [0.05, 0.1) is 5.75 Å². The van der Waals surface area contributed by atoms with Crippen molar-refractivity contribution in [1.82, 2.24) is 19.7 Å². The van der Waals surface area contributed by atoms with Crippen LogP contribution in [0.1, 0.15) is 18.1 Å². The highest BCUT2D eigenvalue weighted by atomic mass is 32.2. The molecule has 2 aromatic heterocycles. The summed E-state index contributed by atoms with van der Waals surface area (Å²) in [4.78, 5) is 15.7. The number of carbonyl (C=O) groups excluding carboxylic acids is 1. The molecule has 0 saturated heterocycles. The Kier molecular flexibility index (Phi) is 5.40. The van der Waals surface area contributed by atoms with Gasteiger partial charge >= 0.3 is 0 Å². The summed E-state index contributed by atoms with van der Waals surface area (Å²) in [6.07, 6.45) is 1.96. The van der Waals surface area contributed by atoms with E-state index in [1.54, 1.807) is 0 Å². The van der Waals surface area contributed by atoms with Crippen LogP contribution in [0.3, 0.4) is 0 Å². The average molecular weight is 406 g/mol. The number of thioether (sulfide) groups is 1. The first-order valence-electron chi connectivity index (χ1n) is 9.56. The minimum Gasteiger partial charge on any atom is -0.360 e. The molecule has 0 aliphatic heterocycles. The molecule has 6 nitrogen and oxygen atoms in total. The summed E-state index contributed by atoms with van der Waals surface area (Å²) in [5.74, 6) is 1.03. The van der Waals surface area contributed by atoms with Gasteiger partial charge in [-0.25, -0.2) is 0 Å². The maximum absolute atomic E-state index is 12.4. The van der Waals surface area contributed by atoms with Gasteiger partial charge in [0.25, 0.3) is 0 Å². The molecule has 4 aromatic rings. The van der Waals surface area contributed by atoms with Gasteiger partial charge in [-0.15, -0.1) is 10.2 Å². The molecule has 0 spiro atoms. The number of benzene rings is 2. The minimum atomic E-state index is -0.0544. The van der Waals surface area contributed by atoms with Gasteiger partial charge in [0.15, 0.2) is 11.0 Å². The van der Waals surface area contributed by atoms with E-state index in [-0.39, 0.29) is 11.7 Å². The van der Waals surface area contributed by atoms with Crippen LogP contribution in [0.15, 0.2) is 53.8 Å². The van der Waals surface area contributed by atoms with Crippen molar-refractivity contribution in [3.05, 3.63) is 59.8 Å². The molecule has 4 rings (SSSR count). The Labute approximate surface area is 173 Å². The molecule has 2 N–H and O–H groups in total. The predicted molar refractivity (Wildman–Crippen MR) is 118 cm³/mol. The van der Waals surface area contributed by atoms with E-state index >= 15 is 0 Å². The summed E-state index contributed by atoms with van der Waals surface area (Å²) >= 11 is 1.40. The molecule has 0 radical (unpaired) electrons. The Bertz CT molecular complexity index is 1180. The molecule has 29 heavy (non-hydrogen) atoms. The number of hydrogen-bond acceptors (Lipinski definition) is 4. The van der Waals surface area contributed by atoms with Gasteiger partial charge < -0.3 is 14.9 Å². The SMILES string of the molecule is CCn1c(SCC(=O)Nc2ccc(C)cc2C)nnc1-c1c[nH]c2ccccc12. The lowest BCUT2D eigenvalue weighted by molar-refractivity contribution is -0.113. The number of rotatable bonds is 6. The number of hydrogen-bond donors (Lipinski definition) is 2. The largest absolute Gasteiger partial charge is 0.360 e. The first-order valence-corrected chi connectivity index (χ1v) is 10.5. The summed E-state index contributed by atoms with van der Waals surface area (Å²) in [5.41, 5.74) is 5.16. The molecule has 7 heteroatoms. The predicted octanol–water partition coefficient (Wildman–Crippen LogP) is 4.79. The molecule has 0 atom stereocenters. The van der Waals surface area contributed by atoms with Crippen molar-refractivity contribution < 1.29 is 4.79 Å². The number of fused-ring (bicyclic) bond motifs is 1. The molecule has 2 aromatic carbocycles. The van der Waals surface area contributed by atoms with Gasteiger partial charge in [-0.2, -0.15) is 0 Å². The van der Waals surface area contributed by atoms with Crippen molar-refractivity contribution in [2.24, 2.45) is 0 Å². The first kappa shape index (κ1) is 19.3. The highest BCUT2D eigenvalue weighted by Crippen LogP contribution is 2.30. The number of nitrogens with zero attached hydrogens (tertiary/aromatic N) is 3. The fourth-order valence-corrected chi connectivity index (χ4v) is 4.21. The summed E-state index contributed by atoms with van der Waals surface area (Å²) in [7, 11) is 0. The van der Waals surface area contributed by atoms with E-state index < -0.39 is 0 Å². The third kappa shape index (κ3) is 3.91. The molecule has 0 saturated carbocycles. The minimum absolute atomic E-state index is 0.0544. The summed E-state index contributed by atoms with van der Waals surface area (Å²) in [5, 5.41) is 13.6.